The number of nitrogens with zero attached hydrogens (tertiary/aromatic N) is 3. The van der Waals surface area contributed by atoms with Crippen molar-refractivity contribution < 1.29 is 4.79 Å². The third kappa shape index (κ3) is 4.19. The third-order valence-electron chi connectivity index (χ3n) is 6.68. The van der Waals surface area contributed by atoms with Crippen molar-refractivity contribution in [3.05, 3.63) is 54.1 Å². The van der Waals surface area contributed by atoms with E-state index in [1.165, 1.54) is 16.5 Å². The molecular formula is C21H25B7N4O. The molecule has 2 heterocycles. The average Bonchev–Trinajstić information content (AvgIpc) is 3.17. The van der Waals surface area contributed by atoms with E-state index in [1.807, 2.05) is 45.6 Å². The average molecular weight is 425 g/mol. The van der Waals surface area contributed by atoms with Crippen LogP contribution in [0, 0.1) is 0 Å². The van der Waals surface area contributed by atoms with Gasteiger partial charge in [-0.2, -0.15) is 0 Å². The van der Waals surface area contributed by atoms with Gasteiger partial charge in [-0.25, -0.2) is 9.97 Å². The summed E-state index contributed by atoms with van der Waals surface area (Å²) < 4.78 is 1.99. The maximum Gasteiger partial charge on any atom is 0.255 e. The Morgan fingerprint density at radius 1 is 0.939 bits per heavy atom. The molecule has 0 unspecified atom stereocenters. The molecule has 0 spiro atoms. The van der Waals surface area contributed by atoms with Gasteiger partial charge in [0.2, 0.25) is 0 Å². The fourth-order valence-corrected chi connectivity index (χ4v) is 4.96. The minimum absolute atomic E-state index is 0.0180. The molecule has 2 aromatic heterocycles. The van der Waals surface area contributed by atoms with Crippen LogP contribution in [0.3, 0.4) is 0 Å². The molecule has 12 heteroatoms. The predicted octanol–water partition coefficient (Wildman–Crippen LogP) is -6.07. The molecule has 4 rings (SSSR count). The smallest absolute Gasteiger partial charge is 0.255 e. The van der Waals surface area contributed by atoms with Crippen LogP contribution in [0.4, 0.5) is 5.82 Å². The molecule has 0 atom stereocenters. The molecule has 0 fully saturated rings. The van der Waals surface area contributed by atoms with E-state index in [2.05, 4.69) is 66.6 Å². The van der Waals surface area contributed by atoms with Crippen molar-refractivity contribution in [3.8, 4) is 11.3 Å². The van der Waals surface area contributed by atoms with E-state index in [1.54, 1.807) is 12.5 Å². The lowest BCUT2D eigenvalue weighted by molar-refractivity contribution is 0.102. The first-order valence-corrected chi connectivity index (χ1v) is 11.3. The summed E-state index contributed by atoms with van der Waals surface area (Å²) in [5.41, 5.74) is 8.59. The molecule has 0 aliphatic carbocycles. The van der Waals surface area contributed by atoms with Crippen molar-refractivity contribution in [2.75, 3.05) is 5.32 Å². The van der Waals surface area contributed by atoms with Crippen LogP contribution >= 0.6 is 0 Å². The number of benzene rings is 2. The lowest BCUT2D eigenvalue weighted by atomic mass is 9.37. The van der Waals surface area contributed by atoms with E-state index in [4.69, 9.17) is 0 Å². The molecule has 0 saturated carbocycles. The number of carbonyl (C=O) groups excluding carboxylic acids is 1. The van der Waals surface area contributed by atoms with Crippen LogP contribution in [-0.2, 0) is 12.2 Å². The van der Waals surface area contributed by atoms with Crippen molar-refractivity contribution >= 4 is 99.3 Å². The van der Waals surface area contributed by atoms with E-state index >= 15 is 0 Å². The van der Waals surface area contributed by atoms with Gasteiger partial charge in [0.05, 0.1) is 41.8 Å². The van der Waals surface area contributed by atoms with Gasteiger partial charge >= 0.3 is 0 Å². The van der Waals surface area contributed by atoms with Crippen LogP contribution in [0.1, 0.15) is 15.9 Å². The Labute approximate surface area is 201 Å². The molecule has 33 heavy (non-hydrogen) atoms. The summed E-state index contributed by atoms with van der Waals surface area (Å²) >= 11 is 0. The molecule has 1 amide bonds. The standard InChI is InChI=1S/C21H25B7N4O/c1-32-8-29-7-12(32)9-2-3-10-6-30-13(5-11(10)4-9)31-20(33)14-16(22)18(24)15(21(26,27)28)19(25)17(14)23/h2-8H,22-28H2,1H3,(H,30,31,33). The zero-order chi connectivity index (χ0) is 24.1. The molecule has 0 aliphatic heterocycles. The SMILES string of the molecule is Bc1c(B)c(C(B)(B)B)c(B)c(B)c1C(=O)Nc1cc2cc(-c3cncn3C)ccc2cn1. The Bertz CT molecular complexity index is 1380. The number of aryl methyl sites for hydroxylation is 1. The van der Waals surface area contributed by atoms with Crippen LogP contribution in [0.2, 0.25) is 0 Å². The molecule has 5 nitrogen and oxygen atoms in total. The van der Waals surface area contributed by atoms with Gasteiger partial charge in [0.1, 0.15) is 37.2 Å². The second-order valence-corrected chi connectivity index (χ2v) is 9.98. The van der Waals surface area contributed by atoms with Crippen LogP contribution < -0.4 is 27.2 Å². The number of rotatable bonds is 4. The highest BCUT2D eigenvalue weighted by Gasteiger charge is 2.25. The van der Waals surface area contributed by atoms with Gasteiger partial charge in [-0.15, -0.1) is 0 Å². The lowest BCUT2D eigenvalue weighted by Gasteiger charge is -2.30. The van der Waals surface area contributed by atoms with Gasteiger partial charge in [0, 0.05) is 29.8 Å². The van der Waals surface area contributed by atoms with Gasteiger partial charge in [-0.1, -0.05) is 44.7 Å². The minimum atomic E-state index is -0.119. The number of fused-ring (bicyclic) bond motifs is 1. The quantitative estimate of drug-likeness (QED) is 0.332. The van der Waals surface area contributed by atoms with Gasteiger partial charge in [-0.05, 0) is 17.5 Å². The summed E-state index contributed by atoms with van der Waals surface area (Å²) in [6.45, 7) is 0. The first kappa shape index (κ1) is 23.2. The van der Waals surface area contributed by atoms with Crippen LogP contribution in [-0.4, -0.2) is 75.4 Å². The van der Waals surface area contributed by atoms with E-state index in [9.17, 15) is 4.79 Å². The van der Waals surface area contributed by atoms with Crippen molar-refractivity contribution in [1.82, 2.24) is 14.5 Å². The topological polar surface area (TPSA) is 59.8 Å². The summed E-state index contributed by atoms with van der Waals surface area (Å²) in [7, 11) is 17.0. The zero-order valence-electron chi connectivity index (χ0n) is 20.8. The number of amides is 1. The molecule has 0 radical (unpaired) electrons. The Hall–Kier alpha value is -3.02. The van der Waals surface area contributed by atoms with Crippen molar-refractivity contribution in [1.29, 1.82) is 0 Å². The summed E-state index contributed by atoms with van der Waals surface area (Å²) in [5.74, 6) is 0.426. The van der Waals surface area contributed by atoms with Gasteiger partial charge < -0.3 is 9.88 Å². The highest BCUT2D eigenvalue weighted by atomic mass is 16.1. The largest absolute Gasteiger partial charge is 0.334 e. The predicted molar refractivity (Wildman–Crippen MR) is 158 cm³/mol. The highest BCUT2D eigenvalue weighted by Crippen LogP contribution is 2.25. The Morgan fingerprint density at radius 2 is 1.61 bits per heavy atom. The van der Waals surface area contributed by atoms with Gasteiger partial charge in [0.15, 0.2) is 0 Å². The number of pyridine rings is 1. The number of aromatic nitrogens is 3. The summed E-state index contributed by atoms with van der Waals surface area (Å²) in [6, 6.07) is 8.14. The first-order chi connectivity index (χ1) is 15.5. The fourth-order valence-electron chi connectivity index (χ4n) is 4.96. The van der Waals surface area contributed by atoms with Crippen LogP contribution in [0.25, 0.3) is 22.0 Å². The first-order valence-electron chi connectivity index (χ1n) is 11.3. The lowest BCUT2D eigenvalue weighted by Crippen LogP contribution is -2.54. The van der Waals surface area contributed by atoms with E-state index in [-0.39, 0.29) is 11.0 Å². The summed E-state index contributed by atoms with van der Waals surface area (Å²) in [5, 5.41) is 5.10. The number of hydrogen-bond donors (Lipinski definition) is 1. The number of nitrogens with one attached hydrogen (secondary N) is 1. The monoisotopic (exact) mass is 426 g/mol. The number of anilines is 1. The zero-order valence-corrected chi connectivity index (χ0v) is 20.8. The highest BCUT2D eigenvalue weighted by molar-refractivity contribution is 6.66. The van der Waals surface area contributed by atoms with Crippen LogP contribution in [0.15, 0.2) is 43.0 Å². The minimum Gasteiger partial charge on any atom is -0.334 e. The molecule has 156 valence electrons. The van der Waals surface area contributed by atoms with Crippen molar-refractivity contribution in [3.63, 3.8) is 0 Å². The maximum absolute atomic E-state index is 13.4. The molecule has 1 N–H and O–H groups in total. The maximum atomic E-state index is 13.4. The molecule has 4 aromatic rings. The molecule has 0 bridgehead atoms. The number of carbonyl (C=O) groups is 1. The third-order valence-corrected chi connectivity index (χ3v) is 6.68. The second-order valence-electron chi connectivity index (χ2n) is 9.98. The Kier molecular flexibility index (Phi) is 5.89. The molecule has 2 aromatic carbocycles. The Morgan fingerprint density at radius 3 is 2.18 bits per heavy atom. The van der Waals surface area contributed by atoms with E-state index in [0.717, 1.165) is 38.5 Å². The van der Waals surface area contributed by atoms with Gasteiger partial charge in [0.25, 0.3) is 5.91 Å². The molecule has 0 saturated heterocycles. The normalized spacial score (nSPS) is 11.5. The van der Waals surface area contributed by atoms with Crippen molar-refractivity contribution in [2.24, 2.45) is 7.05 Å². The van der Waals surface area contributed by atoms with Crippen molar-refractivity contribution in [2.45, 2.75) is 5.11 Å². The van der Waals surface area contributed by atoms with Crippen LogP contribution in [0.5, 0.6) is 0 Å². The van der Waals surface area contributed by atoms with E-state index in [0.29, 0.717) is 5.82 Å². The molecule has 0 aliphatic rings. The Balaban J connectivity index is 1.72. The summed E-state index contributed by atoms with van der Waals surface area (Å²) in [6.07, 6.45) is 5.44. The van der Waals surface area contributed by atoms with Gasteiger partial charge in [-0.3, -0.25) is 4.79 Å². The molecular weight excluding hydrogens is 400 g/mol. The van der Waals surface area contributed by atoms with E-state index < -0.39 is 0 Å². The second kappa shape index (κ2) is 8.40. The number of hydrogen-bond acceptors (Lipinski definition) is 3. The summed E-state index contributed by atoms with van der Waals surface area (Å²) in [4.78, 5) is 22.1. The number of imidazole rings is 1. The fraction of sp³-hybridized carbons (Fsp3) is 0.0952.